The lowest BCUT2D eigenvalue weighted by Crippen LogP contribution is -2.08. The average Bonchev–Trinajstić information content (AvgIpc) is 2.48. The molecule has 0 radical (unpaired) electrons. The van der Waals surface area contributed by atoms with Crippen LogP contribution in [-0.4, -0.2) is 26.1 Å². The highest BCUT2D eigenvalue weighted by molar-refractivity contribution is 5.86. The van der Waals surface area contributed by atoms with Gasteiger partial charge in [0.2, 0.25) is 0 Å². The smallest absolute Gasteiger partial charge is 0.358 e. The number of nitrogens with zero attached hydrogens (tertiary/aromatic N) is 3. The summed E-state index contributed by atoms with van der Waals surface area (Å²) in [4.78, 5) is 10.9. The van der Waals surface area contributed by atoms with E-state index in [4.69, 9.17) is 5.11 Å². The molecule has 0 aromatic carbocycles. The first kappa shape index (κ1) is 11.4. The average molecular weight is 209 g/mol. The van der Waals surface area contributed by atoms with Crippen LogP contribution in [0.4, 0.5) is 0 Å². The fraction of sp³-hybridized carbons (Fsp3) is 0.500. The van der Waals surface area contributed by atoms with E-state index in [1.54, 1.807) is 4.68 Å². The van der Waals surface area contributed by atoms with Gasteiger partial charge in [0.25, 0.3) is 0 Å². The van der Waals surface area contributed by atoms with Gasteiger partial charge in [-0.05, 0) is 13.3 Å². The molecular weight excluding hydrogens is 194 g/mol. The minimum Gasteiger partial charge on any atom is -0.476 e. The van der Waals surface area contributed by atoms with Crippen molar-refractivity contribution in [3.05, 3.63) is 23.5 Å². The second-order valence-corrected chi connectivity index (χ2v) is 3.55. The molecule has 1 aromatic heterocycles. The third-order valence-electron chi connectivity index (χ3n) is 1.95. The van der Waals surface area contributed by atoms with Gasteiger partial charge in [-0.3, -0.25) is 0 Å². The van der Waals surface area contributed by atoms with Crippen LogP contribution in [0.15, 0.2) is 12.2 Å². The molecule has 0 aliphatic heterocycles. The Labute approximate surface area is 88.4 Å². The number of aromatic carboxylic acids is 1. The fourth-order valence-electron chi connectivity index (χ4n) is 1.37. The minimum atomic E-state index is -1.02. The van der Waals surface area contributed by atoms with Crippen LogP contribution in [0, 0.1) is 0 Å². The highest BCUT2D eigenvalue weighted by atomic mass is 16.4. The van der Waals surface area contributed by atoms with Gasteiger partial charge in [0, 0.05) is 0 Å². The number of aromatic nitrogens is 3. The highest BCUT2D eigenvalue weighted by Crippen LogP contribution is 2.10. The fourth-order valence-corrected chi connectivity index (χ4v) is 1.37. The zero-order valence-corrected chi connectivity index (χ0v) is 9.03. The molecule has 0 aliphatic carbocycles. The van der Waals surface area contributed by atoms with Crippen LogP contribution in [0.3, 0.4) is 0 Å². The number of hydrogen-bond donors (Lipinski definition) is 1. The monoisotopic (exact) mass is 209 g/mol. The summed E-state index contributed by atoms with van der Waals surface area (Å²) in [7, 11) is 0. The van der Waals surface area contributed by atoms with Crippen molar-refractivity contribution >= 4 is 5.97 Å². The normalized spacial score (nSPS) is 10.3. The molecular formula is C10H15N3O2. The summed E-state index contributed by atoms with van der Waals surface area (Å²) in [6, 6.07) is 0. The van der Waals surface area contributed by atoms with E-state index in [0.29, 0.717) is 18.7 Å². The van der Waals surface area contributed by atoms with E-state index < -0.39 is 5.97 Å². The van der Waals surface area contributed by atoms with Crippen LogP contribution in [0.1, 0.15) is 36.5 Å². The van der Waals surface area contributed by atoms with Gasteiger partial charge >= 0.3 is 5.97 Å². The number of hydrogen-bond acceptors (Lipinski definition) is 3. The lowest BCUT2D eigenvalue weighted by atomic mass is 10.2. The Hall–Kier alpha value is -1.65. The summed E-state index contributed by atoms with van der Waals surface area (Å²) in [6.07, 6.45) is 1.53. The Morgan fingerprint density at radius 3 is 2.73 bits per heavy atom. The molecule has 0 saturated carbocycles. The first-order chi connectivity index (χ1) is 7.06. The van der Waals surface area contributed by atoms with Gasteiger partial charge in [-0.1, -0.05) is 30.7 Å². The van der Waals surface area contributed by atoms with Crippen molar-refractivity contribution in [3.63, 3.8) is 0 Å². The first-order valence-corrected chi connectivity index (χ1v) is 4.86. The molecule has 1 rings (SSSR count). The second-order valence-electron chi connectivity index (χ2n) is 3.55. The van der Waals surface area contributed by atoms with Crippen molar-refractivity contribution in [1.29, 1.82) is 0 Å². The molecule has 0 fully saturated rings. The minimum absolute atomic E-state index is 0.0538. The van der Waals surface area contributed by atoms with Crippen LogP contribution in [-0.2, 0) is 13.0 Å². The SMILES string of the molecule is C=C(C)Cn1nnc(C(=O)O)c1CCC. The molecule has 1 heterocycles. The number of carboxylic acid groups (broad SMARTS) is 1. The lowest BCUT2D eigenvalue weighted by Gasteiger charge is -2.04. The van der Waals surface area contributed by atoms with E-state index in [1.807, 2.05) is 13.8 Å². The maximum atomic E-state index is 10.9. The van der Waals surface area contributed by atoms with Gasteiger partial charge in [-0.15, -0.1) is 5.10 Å². The topological polar surface area (TPSA) is 68.0 Å². The molecule has 0 bridgehead atoms. The number of carboxylic acids is 1. The molecule has 15 heavy (non-hydrogen) atoms. The van der Waals surface area contributed by atoms with Crippen molar-refractivity contribution in [2.24, 2.45) is 0 Å². The Morgan fingerprint density at radius 2 is 2.27 bits per heavy atom. The van der Waals surface area contributed by atoms with Gasteiger partial charge in [-0.2, -0.15) is 0 Å². The molecule has 5 heteroatoms. The van der Waals surface area contributed by atoms with Crippen molar-refractivity contribution in [2.75, 3.05) is 0 Å². The maximum absolute atomic E-state index is 10.9. The summed E-state index contributed by atoms with van der Waals surface area (Å²) < 4.78 is 1.61. The van der Waals surface area contributed by atoms with Crippen LogP contribution in [0.25, 0.3) is 0 Å². The van der Waals surface area contributed by atoms with Crippen molar-refractivity contribution in [2.45, 2.75) is 33.2 Å². The summed E-state index contributed by atoms with van der Waals surface area (Å²) >= 11 is 0. The Morgan fingerprint density at radius 1 is 1.60 bits per heavy atom. The predicted molar refractivity (Wildman–Crippen MR) is 55.8 cm³/mol. The van der Waals surface area contributed by atoms with E-state index in [2.05, 4.69) is 16.9 Å². The number of rotatable bonds is 5. The molecule has 0 spiro atoms. The van der Waals surface area contributed by atoms with Crippen molar-refractivity contribution in [3.8, 4) is 0 Å². The van der Waals surface area contributed by atoms with E-state index >= 15 is 0 Å². The zero-order valence-electron chi connectivity index (χ0n) is 9.03. The van der Waals surface area contributed by atoms with E-state index in [9.17, 15) is 4.79 Å². The predicted octanol–water partition coefficient (Wildman–Crippen LogP) is 1.50. The summed E-state index contributed by atoms with van der Waals surface area (Å²) in [6.45, 7) is 8.16. The molecule has 5 nitrogen and oxygen atoms in total. The van der Waals surface area contributed by atoms with E-state index in [1.165, 1.54) is 0 Å². The summed E-state index contributed by atoms with van der Waals surface area (Å²) in [5.41, 5.74) is 1.65. The van der Waals surface area contributed by atoms with Gasteiger partial charge in [0.1, 0.15) is 0 Å². The molecule has 0 amide bonds. The number of carbonyl (C=O) groups is 1. The molecule has 0 unspecified atom stereocenters. The largest absolute Gasteiger partial charge is 0.476 e. The van der Waals surface area contributed by atoms with Crippen molar-refractivity contribution in [1.82, 2.24) is 15.0 Å². The Kier molecular flexibility index (Phi) is 3.60. The summed E-state index contributed by atoms with van der Waals surface area (Å²) in [5, 5.41) is 16.4. The van der Waals surface area contributed by atoms with Crippen LogP contribution >= 0.6 is 0 Å². The van der Waals surface area contributed by atoms with Crippen LogP contribution < -0.4 is 0 Å². The standard InChI is InChI=1S/C10H15N3O2/c1-4-5-8-9(10(14)15)11-12-13(8)6-7(2)3/h2,4-6H2,1,3H3,(H,14,15). The Bertz CT molecular complexity index is 382. The Balaban J connectivity index is 3.05. The molecule has 0 aliphatic rings. The lowest BCUT2D eigenvalue weighted by molar-refractivity contribution is 0.0689. The van der Waals surface area contributed by atoms with Crippen LogP contribution in [0.2, 0.25) is 0 Å². The second kappa shape index (κ2) is 4.72. The quantitative estimate of drug-likeness (QED) is 0.746. The van der Waals surface area contributed by atoms with Crippen molar-refractivity contribution < 1.29 is 9.90 Å². The third-order valence-corrected chi connectivity index (χ3v) is 1.95. The van der Waals surface area contributed by atoms with E-state index in [-0.39, 0.29) is 5.69 Å². The highest BCUT2D eigenvalue weighted by Gasteiger charge is 2.17. The van der Waals surface area contributed by atoms with E-state index in [0.717, 1.165) is 12.0 Å². The number of allylic oxidation sites excluding steroid dienone is 1. The molecule has 0 saturated heterocycles. The van der Waals surface area contributed by atoms with Gasteiger partial charge in [0.05, 0.1) is 12.2 Å². The molecule has 0 atom stereocenters. The van der Waals surface area contributed by atoms with Gasteiger partial charge in [-0.25, -0.2) is 9.48 Å². The van der Waals surface area contributed by atoms with Gasteiger partial charge in [0.15, 0.2) is 5.69 Å². The molecule has 82 valence electrons. The molecule has 1 N–H and O–H groups in total. The summed E-state index contributed by atoms with van der Waals surface area (Å²) in [5.74, 6) is -1.02. The zero-order chi connectivity index (χ0) is 11.4. The van der Waals surface area contributed by atoms with Crippen LogP contribution in [0.5, 0.6) is 0 Å². The van der Waals surface area contributed by atoms with Gasteiger partial charge < -0.3 is 5.11 Å². The molecule has 1 aromatic rings. The third kappa shape index (κ3) is 2.65. The maximum Gasteiger partial charge on any atom is 0.358 e. The first-order valence-electron chi connectivity index (χ1n) is 4.86.